The van der Waals surface area contributed by atoms with Crippen LogP contribution in [0.4, 0.5) is 0 Å². The Labute approximate surface area is 151 Å². The fourth-order valence-electron chi connectivity index (χ4n) is 3.22. The maximum absolute atomic E-state index is 12.6. The van der Waals surface area contributed by atoms with E-state index in [4.69, 9.17) is 16.3 Å². The molecule has 3 rings (SSSR count). The highest BCUT2D eigenvalue weighted by Gasteiger charge is 2.33. The van der Waals surface area contributed by atoms with Crippen LogP contribution in [0.2, 0.25) is 5.02 Å². The lowest BCUT2D eigenvalue weighted by Crippen LogP contribution is -3.15. The van der Waals surface area contributed by atoms with Gasteiger partial charge in [0.2, 0.25) is 0 Å². The van der Waals surface area contributed by atoms with Gasteiger partial charge in [-0.2, -0.15) is 0 Å². The summed E-state index contributed by atoms with van der Waals surface area (Å²) in [6, 6.07) is 11.5. The summed E-state index contributed by atoms with van der Waals surface area (Å²) in [5.41, 5.74) is 0.594. The first-order valence-corrected chi connectivity index (χ1v) is 9.43. The Bertz CT molecular complexity index is 671. The largest absolute Gasteiger partial charge is 0.370 e. The van der Waals surface area contributed by atoms with E-state index in [1.165, 1.54) is 9.78 Å². The van der Waals surface area contributed by atoms with Gasteiger partial charge in [-0.15, -0.1) is 11.3 Å². The molecule has 1 aliphatic rings. The van der Waals surface area contributed by atoms with Crippen LogP contribution in [0.25, 0.3) is 0 Å². The van der Waals surface area contributed by atoms with E-state index in [9.17, 15) is 4.79 Å². The second kappa shape index (κ2) is 8.12. The van der Waals surface area contributed by atoms with Gasteiger partial charge in [0.05, 0.1) is 24.1 Å². The number of ether oxygens (including phenoxy) is 1. The first-order valence-electron chi connectivity index (χ1n) is 8.17. The highest BCUT2D eigenvalue weighted by Crippen LogP contribution is 2.20. The van der Waals surface area contributed by atoms with Gasteiger partial charge in [-0.05, 0) is 36.6 Å². The second-order valence-electron chi connectivity index (χ2n) is 6.04. The molecule has 0 unspecified atom stereocenters. The Morgan fingerprint density at radius 2 is 2.08 bits per heavy atom. The van der Waals surface area contributed by atoms with Crippen LogP contribution in [-0.2, 0) is 4.74 Å². The van der Waals surface area contributed by atoms with E-state index >= 15 is 0 Å². The van der Waals surface area contributed by atoms with Gasteiger partial charge in [0.1, 0.15) is 19.1 Å². The normalized spacial score (nSPS) is 18.1. The first-order chi connectivity index (χ1) is 11.6. The highest BCUT2D eigenvalue weighted by atomic mass is 35.5. The standard InChI is InChI=1S/C18H21ClN2O2S/c1-13(20-18(22)14-4-2-5-15(19)12-14)17(16-6-3-11-24-16)21-7-9-23-10-8-21/h2-6,11-13,17H,7-10H2,1H3,(H,20,22)/p+1/t13-,17-/m0/s1. The van der Waals surface area contributed by atoms with E-state index in [0.717, 1.165) is 26.3 Å². The minimum Gasteiger partial charge on any atom is -0.370 e. The predicted octanol–water partition coefficient (Wildman–Crippen LogP) is 2.18. The number of halogens is 1. The number of morpholine rings is 1. The van der Waals surface area contributed by atoms with Gasteiger partial charge in [0, 0.05) is 10.6 Å². The van der Waals surface area contributed by atoms with Gasteiger partial charge in [-0.1, -0.05) is 23.7 Å². The molecule has 0 bridgehead atoms. The van der Waals surface area contributed by atoms with E-state index in [1.807, 2.05) is 0 Å². The Kier molecular flexibility index (Phi) is 5.89. The fraction of sp³-hybridized carbons (Fsp3) is 0.389. The van der Waals surface area contributed by atoms with Crippen molar-refractivity contribution in [1.29, 1.82) is 0 Å². The van der Waals surface area contributed by atoms with Crippen LogP contribution in [0, 0.1) is 0 Å². The molecule has 0 saturated carbocycles. The quantitative estimate of drug-likeness (QED) is 0.852. The van der Waals surface area contributed by atoms with Crippen LogP contribution in [0.1, 0.15) is 28.2 Å². The van der Waals surface area contributed by atoms with Crippen LogP contribution in [0.5, 0.6) is 0 Å². The molecule has 1 fully saturated rings. The monoisotopic (exact) mass is 365 g/mol. The molecule has 1 aliphatic heterocycles. The Balaban J connectivity index is 1.75. The number of rotatable bonds is 5. The summed E-state index contributed by atoms with van der Waals surface area (Å²) in [5, 5.41) is 5.82. The molecular weight excluding hydrogens is 344 g/mol. The van der Waals surface area contributed by atoms with Crippen LogP contribution < -0.4 is 10.2 Å². The average Bonchev–Trinajstić information content (AvgIpc) is 3.10. The average molecular weight is 366 g/mol. The van der Waals surface area contributed by atoms with Crippen LogP contribution in [0.3, 0.4) is 0 Å². The molecule has 0 spiro atoms. The highest BCUT2D eigenvalue weighted by molar-refractivity contribution is 7.10. The maximum atomic E-state index is 12.6. The topological polar surface area (TPSA) is 42.8 Å². The second-order valence-corrected chi connectivity index (χ2v) is 7.45. The van der Waals surface area contributed by atoms with Gasteiger partial charge in [-0.3, -0.25) is 4.79 Å². The lowest BCUT2D eigenvalue weighted by atomic mass is 10.0. The molecule has 0 aliphatic carbocycles. The number of carbonyl (C=O) groups excluding carboxylic acids is 1. The predicted molar refractivity (Wildman–Crippen MR) is 97.0 cm³/mol. The van der Waals surface area contributed by atoms with Crippen molar-refractivity contribution < 1.29 is 14.4 Å². The maximum Gasteiger partial charge on any atom is 0.251 e. The number of quaternary nitrogens is 1. The van der Waals surface area contributed by atoms with Gasteiger partial charge in [-0.25, -0.2) is 0 Å². The van der Waals surface area contributed by atoms with Crippen molar-refractivity contribution in [1.82, 2.24) is 5.32 Å². The molecule has 128 valence electrons. The molecular formula is C18H22ClN2O2S+. The molecule has 0 radical (unpaired) electrons. The molecule has 2 atom stereocenters. The van der Waals surface area contributed by atoms with E-state index in [-0.39, 0.29) is 18.0 Å². The number of nitrogens with one attached hydrogen (secondary N) is 2. The summed E-state index contributed by atoms with van der Waals surface area (Å²) in [7, 11) is 0. The number of benzene rings is 1. The SMILES string of the molecule is C[C@H](NC(=O)c1cccc(Cl)c1)[C@@H](c1cccs1)[NH+]1CCOCC1. The molecule has 1 aromatic carbocycles. The van der Waals surface area contributed by atoms with Gasteiger partial charge in [0.15, 0.2) is 0 Å². The first kappa shape index (κ1) is 17.4. The molecule has 6 heteroatoms. The third-order valence-electron chi connectivity index (χ3n) is 4.37. The lowest BCUT2D eigenvalue weighted by Gasteiger charge is -2.34. The number of thiophene rings is 1. The van der Waals surface area contributed by atoms with Crippen molar-refractivity contribution in [3.8, 4) is 0 Å². The zero-order valence-corrected chi connectivity index (χ0v) is 15.2. The molecule has 2 aromatic rings. The number of hydrogen-bond donors (Lipinski definition) is 2. The summed E-state index contributed by atoms with van der Waals surface area (Å²) in [6.45, 7) is 5.54. The van der Waals surface area contributed by atoms with Crippen molar-refractivity contribution in [2.45, 2.75) is 19.0 Å². The number of hydrogen-bond acceptors (Lipinski definition) is 3. The Hall–Kier alpha value is -1.40. The summed E-state index contributed by atoms with van der Waals surface area (Å²) < 4.78 is 5.49. The minimum atomic E-state index is -0.0841. The van der Waals surface area contributed by atoms with E-state index in [1.54, 1.807) is 35.6 Å². The lowest BCUT2D eigenvalue weighted by molar-refractivity contribution is -0.939. The zero-order valence-electron chi connectivity index (χ0n) is 13.6. The van der Waals surface area contributed by atoms with Crippen LogP contribution in [0.15, 0.2) is 41.8 Å². The number of carbonyl (C=O) groups is 1. The summed E-state index contributed by atoms with van der Waals surface area (Å²) in [4.78, 5) is 15.3. The van der Waals surface area contributed by atoms with Crippen molar-refractivity contribution in [3.63, 3.8) is 0 Å². The fourth-order valence-corrected chi connectivity index (χ4v) is 4.40. The Morgan fingerprint density at radius 3 is 2.75 bits per heavy atom. The molecule has 2 heterocycles. The van der Waals surface area contributed by atoms with Crippen molar-refractivity contribution in [2.75, 3.05) is 26.3 Å². The molecule has 1 saturated heterocycles. The van der Waals surface area contributed by atoms with E-state index < -0.39 is 0 Å². The van der Waals surface area contributed by atoms with E-state index in [2.05, 4.69) is 29.8 Å². The van der Waals surface area contributed by atoms with Crippen molar-refractivity contribution in [3.05, 3.63) is 57.2 Å². The smallest absolute Gasteiger partial charge is 0.251 e. The third-order valence-corrected chi connectivity index (χ3v) is 5.56. The Morgan fingerprint density at radius 1 is 1.29 bits per heavy atom. The number of amides is 1. The van der Waals surface area contributed by atoms with Crippen molar-refractivity contribution in [2.24, 2.45) is 0 Å². The third kappa shape index (κ3) is 4.16. The summed E-state index contributed by atoms with van der Waals surface area (Å²) in [5.74, 6) is -0.0841. The molecule has 1 aromatic heterocycles. The molecule has 4 nitrogen and oxygen atoms in total. The minimum absolute atomic E-state index is 0.0169. The van der Waals surface area contributed by atoms with Gasteiger partial charge in [0.25, 0.3) is 5.91 Å². The van der Waals surface area contributed by atoms with E-state index in [0.29, 0.717) is 10.6 Å². The van der Waals surface area contributed by atoms with Crippen LogP contribution in [-0.4, -0.2) is 38.3 Å². The van der Waals surface area contributed by atoms with Crippen molar-refractivity contribution >= 4 is 28.8 Å². The summed E-state index contributed by atoms with van der Waals surface area (Å²) >= 11 is 7.74. The van der Waals surface area contributed by atoms with Gasteiger partial charge >= 0.3 is 0 Å². The van der Waals surface area contributed by atoms with Gasteiger partial charge < -0.3 is 15.0 Å². The molecule has 2 N–H and O–H groups in total. The molecule has 1 amide bonds. The molecule has 24 heavy (non-hydrogen) atoms. The zero-order chi connectivity index (χ0) is 16.9. The summed E-state index contributed by atoms with van der Waals surface area (Å²) in [6.07, 6.45) is 0. The van der Waals surface area contributed by atoms with Crippen LogP contribution >= 0.6 is 22.9 Å².